The first-order chi connectivity index (χ1) is 15.9. The number of rotatable bonds is 6. The number of alkyl carbamates (subject to hydrolysis) is 1. The minimum absolute atomic E-state index is 0.00383. The number of carbonyl (C=O) groups excluding carboxylic acids is 2. The van der Waals surface area contributed by atoms with E-state index in [1.54, 1.807) is 17.9 Å². The van der Waals surface area contributed by atoms with Crippen LogP contribution in [0.15, 0.2) is 60.7 Å². The molecule has 0 aromatic heterocycles. The van der Waals surface area contributed by atoms with Crippen LogP contribution in [0, 0.1) is 5.41 Å². The molecule has 2 amide bonds. The van der Waals surface area contributed by atoms with Crippen LogP contribution in [-0.4, -0.2) is 54.2 Å². The molecule has 33 heavy (non-hydrogen) atoms. The van der Waals surface area contributed by atoms with E-state index in [0.717, 1.165) is 11.1 Å². The summed E-state index contributed by atoms with van der Waals surface area (Å²) < 4.78 is 5.47. The lowest BCUT2D eigenvalue weighted by molar-refractivity contribution is -0.152. The van der Waals surface area contributed by atoms with Crippen LogP contribution < -0.4 is 5.32 Å². The molecule has 0 radical (unpaired) electrons. The van der Waals surface area contributed by atoms with Crippen LogP contribution in [-0.2, 0) is 14.3 Å². The van der Waals surface area contributed by atoms with Gasteiger partial charge in [0.05, 0.1) is 5.41 Å². The predicted octanol–water partition coefficient (Wildman–Crippen LogP) is 3.79. The number of fused-ring (bicyclic) bond motifs is 3. The van der Waals surface area contributed by atoms with E-state index in [9.17, 15) is 19.5 Å². The highest BCUT2D eigenvalue weighted by molar-refractivity contribution is 5.88. The third kappa shape index (κ3) is 4.77. The minimum atomic E-state index is -0.822. The monoisotopic (exact) mass is 448 g/mol. The van der Waals surface area contributed by atoms with Gasteiger partial charge in [0, 0.05) is 31.6 Å². The van der Waals surface area contributed by atoms with Crippen LogP contribution in [0.2, 0.25) is 0 Å². The fourth-order valence-corrected chi connectivity index (χ4v) is 4.49. The zero-order valence-electron chi connectivity index (χ0n) is 18.6. The fourth-order valence-electron chi connectivity index (χ4n) is 4.49. The van der Waals surface area contributed by atoms with Gasteiger partial charge >= 0.3 is 12.1 Å². The molecule has 7 nitrogen and oxygen atoms in total. The predicted molar refractivity (Wildman–Crippen MR) is 124 cm³/mol. The van der Waals surface area contributed by atoms with Gasteiger partial charge in [-0.2, -0.15) is 0 Å². The van der Waals surface area contributed by atoms with Crippen molar-refractivity contribution < 1.29 is 24.2 Å². The number of amides is 2. The topological polar surface area (TPSA) is 95.9 Å². The fraction of sp³-hybridized carbons (Fsp3) is 0.346. The molecule has 0 saturated carbocycles. The number of nitrogens with zero attached hydrogens (tertiary/aromatic N) is 1. The van der Waals surface area contributed by atoms with Crippen molar-refractivity contribution >= 4 is 18.0 Å². The largest absolute Gasteiger partial charge is 0.481 e. The third-order valence-electron chi connectivity index (χ3n) is 6.66. The molecule has 1 fully saturated rings. The highest BCUT2D eigenvalue weighted by Gasteiger charge is 2.37. The van der Waals surface area contributed by atoms with Crippen LogP contribution in [0.25, 0.3) is 11.1 Å². The molecule has 172 valence electrons. The molecule has 2 aromatic rings. The Morgan fingerprint density at radius 2 is 1.64 bits per heavy atom. The summed E-state index contributed by atoms with van der Waals surface area (Å²) in [5.74, 6) is -1.01. The van der Waals surface area contributed by atoms with E-state index >= 15 is 0 Å². The quantitative estimate of drug-likeness (QED) is 0.656. The van der Waals surface area contributed by atoms with Crippen molar-refractivity contribution in [3.05, 3.63) is 71.8 Å². The molecule has 2 N–H and O–H groups in total. The van der Waals surface area contributed by atoms with Crippen molar-refractivity contribution in [2.75, 3.05) is 26.2 Å². The number of likely N-dealkylation sites (tertiary alicyclic amines) is 1. The van der Waals surface area contributed by atoms with Gasteiger partial charge in [-0.1, -0.05) is 54.6 Å². The molecule has 1 aliphatic heterocycles. The van der Waals surface area contributed by atoms with Gasteiger partial charge in [-0.25, -0.2) is 4.79 Å². The molecule has 0 spiro atoms. The summed E-state index contributed by atoms with van der Waals surface area (Å²) in [5.41, 5.74) is 3.87. The van der Waals surface area contributed by atoms with Crippen LogP contribution in [0.3, 0.4) is 0 Å². The normalized spacial score (nSPS) is 16.8. The third-order valence-corrected chi connectivity index (χ3v) is 6.66. The number of benzene rings is 2. The van der Waals surface area contributed by atoms with Crippen molar-refractivity contribution in [1.82, 2.24) is 10.2 Å². The SMILES string of the molecule is CC1(C(=O)O)CCN(C(=O)/C=C/CNC(=O)OCC2c3ccccc3-c3ccccc32)CC1. The molecule has 1 saturated heterocycles. The maximum Gasteiger partial charge on any atom is 0.407 e. The first kappa shape index (κ1) is 22.6. The summed E-state index contributed by atoms with van der Waals surface area (Å²) in [7, 11) is 0. The summed E-state index contributed by atoms with van der Waals surface area (Å²) in [5, 5.41) is 11.9. The highest BCUT2D eigenvalue weighted by atomic mass is 16.5. The van der Waals surface area contributed by atoms with Gasteiger partial charge in [0.2, 0.25) is 5.91 Å². The molecule has 4 rings (SSSR count). The van der Waals surface area contributed by atoms with Crippen molar-refractivity contribution in [3.63, 3.8) is 0 Å². The van der Waals surface area contributed by atoms with Gasteiger partial charge in [-0.15, -0.1) is 0 Å². The van der Waals surface area contributed by atoms with E-state index in [-0.39, 0.29) is 25.0 Å². The molecule has 1 aliphatic carbocycles. The second kappa shape index (κ2) is 9.48. The van der Waals surface area contributed by atoms with Crippen molar-refractivity contribution in [3.8, 4) is 11.1 Å². The summed E-state index contributed by atoms with van der Waals surface area (Å²) >= 11 is 0. The highest BCUT2D eigenvalue weighted by Crippen LogP contribution is 2.44. The number of carboxylic acids is 1. The van der Waals surface area contributed by atoms with Crippen LogP contribution in [0.5, 0.6) is 0 Å². The van der Waals surface area contributed by atoms with Gasteiger partial charge in [-0.05, 0) is 42.0 Å². The lowest BCUT2D eigenvalue weighted by Crippen LogP contribution is -2.44. The van der Waals surface area contributed by atoms with Crippen molar-refractivity contribution in [1.29, 1.82) is 0 Å². The Morgan fingerprint density at radius 1 is 1.06 bits per heavy atom. The van der Waals surface area contributed by atoms with Gasteiger partial charge in [-0.3, -0.25) is 9.59 Å². The van der Waals surface area contributed by atoms with Gasteiger partial charge < -0.3 is 20.1 Å². The van der Waals surface area contributed by atoms with E-state index in [2.05, 4.69) is 29.6 Å². The Kier molecular flexibility index (Phi) is 6.49. The van der Waals surface area contributed by atoms with E-state index < -0.39 is 17.5 Å². The number of carboxylic acid groups (broad SMARTS) is 1. The van der Waals surface area contributed by atoms with Crippen molar-refractivity contribution in [2.24, 2.45) is 5.41 Å². The van der Waals surface area contributed by atoms with Gasteiger partial charge in [0.15, 0.2) is 0 Å². The van der Waals surface area contributed by atoms with Crippen molar-refractivity contribution in [2.45, 2.75) is 25.7 Å². The maximum absolute atomic E-state index is 12.3. The molecular weight excluding hydrogens is 420 g/mol. The number of nitrogens with one attached hydrogen (secondary N) is 1. The molecule has 2 aromatic carbocycles. The number of carbonyl (C=O) groups is 3. The molecule has 0 bridgehead atoms. The van der Waals surface area contributed by atoms with Crippen LogP contribution in [0.1, 0.15) is 36.8 Å². The Balaban J connectivity index is 1.23. The lowest BCUT2D eigenvalue weighted by Gasteiger charge is -2.35. The molecule has 1 heterocycles. The second-order valence-corrected chi connectivity index (χ2v) is 8.80. The molecule has 0 unspecified atom stereocenters. The first-order valence-electron chi connectivity index (χ1n) is 11.2. The van der Waals surface area contributed by atoms with Gasteiger partial charge in [0.25, 0.3) is 0 Å². The molecular formula is C26H28N2O5. The maximum atomic E-state index is 12.3. The van der Waals surface area contributed by atoms with E-state index in [4.69, 9.17) is 4.74 Å². The van der Waals surface area contributed by atoms with E-state index in [0.29, 0.717) is 25.9 Å². The lowest BCUT2D eigenvalue weighted by atomic mass is 9.80. The standard InChI is InChI=1S/C26H28N2O5/c1-26(24(30)31)12-15-28(16-13-26)23(29)11-6-14-27-25(32)33-17-22-20-9-4-2-7-18(20)19-8-3-5-10-21(19)22/h2-11,22H,12-17H2,1H3,(H,27,32)(H,30,31)/b11-6+. The van der Waals surface area contributed by atoms with Crippen LogP contribution >= 0.6 is 0 Å². The summed E-state index contributed by atoms with van der Waals surface area (Å²) in [6.45, 7) is 2.94. The molecule has 2 aliphatic rings. The van der Waals surface area contributed by atoms with Crippen LogP contribution in [0.4, 0.5) is 4.79 Å². The number of hydrogen-bond acceptors (Lipinski definition) is 4. The zero-order valence-corrected chi connectivity index (χ0v) is 18.6. The zero-order chi connectivity index (χ0) is 23.4. The second-order valence-electron chi connectivity index (χ2n) is 8.80. The molecule has 0 atom stereocenters. The summed E-state index contributed by atoms with van der Waals surface area (Å²) in [6, 6.07) is 16.3. The Labute approximate surface area is 193 Å². The number of ether oxygens (including phenoxy) is 1. The number of aliphatic carboxylic acids is 1. The Hall–Kier alpha value is -3.61. The molecule has 7 heteroatoms. The summed E-state index contributed by atoms with van der Waals surface area (Å²) in [6.07, 6.45) is 3.31. The average molecular weight is 449 g/mol. The van der Waals surface area contributed by atoms with Gasteiger partial charge in [0.1, 0.15) is 6.61 Å². The minimum Gasteiger partial charge on any atom is -0.481 e. The Morgan fingerprint density at radius 3 is 2.21 bits per heavy atom. The smallest absolute Gasteiger partial charge is 0.407 e. The summed E-state index contributed by atoms with van der Waals surface area (Å²) in [4.78, 5) is 37.4. The average Bonchev–Trinajstić information content (AvgIpc) is 3.14. The first-order valence-corrected chi connectivity index (χ1v) is 11.2. The van der Waals surface area contributed by atoms with E-state index in [1.165, 1.54) is 17.2 Å². The number of piperidine rings is 1. The Bertz CT molecular complexity index is 1040. The number of hydrogen-bond donors (Lipinski definition) is 2. The van der Waals surface area contributed by atoms with E-state index in [1.807, 2.05) is 24.3 Å².